The molecule has 1 fully saturated rings. The van der Waals surface area contributed by atoms with Crippen LogP contribution in [-0.2, 0) is 16.1 Å². The van der Waals surface area contributed by atoms with E-state index in [9.17, 15) is 18.8 Å². The Bertz CT molecular complexity index is 1110. The number of aromatic nitrogens is 1. The summed E-state index contributed by atoms with van der Waals surface area (Å²) in [7, 11) is 0. The fourth-order valence-electron chi connectivity index (χ4n) is 3.77. The fraction of sp³-hybridized carbons (Fsp3) is 0.261. The van der Waals surface area contributed by atoms with E-state index in [2.05, 4.69) is 5.32 Å². The number of likely N-dealkylation sites (tertiary alicyclic amines) is 1. The molecule has 3 amide bonds. The summed E-state index contributed by atoms with van der Waals surface area (Å²) in [5, 5.41) is 3.75. The van der Waals surface area contributed by atoms with Crippen molar-refractivity contribution in [2.24, 2.45) is 0 Å². The Balaban J connectivity index is 1.49. The molecule has 0 spiro atoms. The SMILES string of the molecule is O=C(NCCCN1C(=O)CCC1=O)c1cc2ccccc2n1Cc1ccccc1F. The normalized spacial score (nSPS) is 14.0. The number of hydrogen-bond acceptors (Lipinski definition) is 3. The summed E-state index contributed by atoms with van der Waals surface area (Å²) >= 11 is 0. The van der Waals surface area contributed by atoms with Gasteiger partial charge in [0, 0.05) is 42.4 Å². The number of hydrogen-bond donors (Lipinski definition) is 1. The van der Waals surface area contributed by atoms with Gasteiger partial charge >= 0.3 is 0 Å². The van der Waals surface area contributed by atoms with Gasteiger partial charge in [0.2, 0.25) is 11.8 Å². The molecule has 0 unspecified atom stereocenters. The summed E-state index contributed by atoms with van der Waals surface area (Å²) in [6.45, 7) is 0.868. The van der Waals surface area contributed by atoms with Gasteiger partial charge in [-0.3, -0.25) is 19.3 Å². The number of nitrogens with zero attached hydrogens (tertiary/aromatic N) is 2. The van der Waals surface area contributed by atoms with Crippen molar-refractivity contribution in [3.63, 3.8) is 0 Å². The zero-order valence-electron chi connectivity index (χ0n) is 16.4. The molecule has 0 atom stereocenters. The largest absolute Gasteiger partial charge is 0.351 e. The van der Waals surface area contributed by atoms with E-state index in [1.165, 1.54) is 11.0 Å². The molecule has 1 saturated heterocycles. The molecular weight excluding hydrogens is 385 g/mol. The number of rotatable bonds is 7. The van der Waals surface area contributed by atoms with Crippen LogP contribution < -0.4 is 5.32 Å². The molecular formula is C23H22FN3O3. The number of carbonyl (C=O) groups excluding carboxylic acids is 3. The molecule has 1 aliphatic rings. The van der Waals surface area contributed by atoms with Gasteiger partial charge in [-0.2, -0.15) is 0 Å². The minimum atomic E-state index is -0.318. The van der Waals surface area contributed by atoms with Gasteiger partial charge in [0.1, 0.15) is 11.5 Å². The van der Waals surface area contributed by atoms with E-state index < -0.39 is 0 Å². The second kappa shape index (κ2) is 8.49. The minimum absolute atomic E-state index is 0.156. The second-order valence-corrected chi connectivity index (χ2v) is 7.31. The van der Waals surface area contributed by atoms with Crippen LogP contribution in [0.1, 0.15) is 35.3 Å². The molecule has 0 saturated carbocycles. The van der Waals surface area contributed by atoms with Gasteiger partial charge in [0.05, 0.1) is 6.54 Å². The predicted molar refractivity (Wildman–Crippen MR) is 110 cm³/mol. The summed E-state index contributed by atoms with van der Waals surface area (Å²) in [4.78, 5) is 37.4. The van der Waals surface area contributed by atoms with Crippen LogP contribution in [0.2, 0.25) is 0 Å². The molecule has 1 aliphatic heterocycles. The van der Waals surface area contributed by atoms with E-state index in [0.717, 1.165) is 10.9 Å². The Morgan fingerprint density at radius 2 is 1.70 bits per heavy atom. The van der Waals surface area contributed by atoms with Crippen molar-refractivity contribution in [3.05, 3.63) is 71.7 Å². The van der Waals surface area contributed by atoms with Gasteiger partial charge in [-0.05, 0) is 24.6 Å². The van der Waals surface area contributed by atoms with Crippen molar-refractivity contribution in [1.29, 1.82) is 0 Å². The lowest BCUT2D eigenvalue weighted by Crippen LogP contribution is -2.33. The summed E-state index contributed by atoms with van der Waals surface area (Å²) in [6.07, 6.45) is 1.01. The van der Waals surface area contributed by atoms with Crippen molar-refractivity contribution in [1.82, 2.24) is 14.8 Å². The molecule has 7 heteroatoms. The second-order valence-electron chi connectivity index (χ2n) is 7.31. The zero-order chi connectivity index (χ0) is 21.1. The maximum absolute atomic E-state index is 14.2. The lowest BCUT2D eigenvalue weighted by atomic mass is 10.2. The van der Waals surface area contributed by atoms with Crippen molar-refractivity contribution >= 4 is 28.6 Å². The molecule has 2 heterocycles. The number of fused-ring (bicyclic) bond motifs is 1. The van der Waals surface area contributed by atoms with Crippen LogP contribution in [0.5, 0.6) is 0 Å². The third kappa shape index (κ3) is 3.96. The van der Waals surface area contributed by atoms with Crippen LogP contribution in [0.15, 0.2) is 54.6 Å². The number of halogens is 1. The van der Waals surface area contributed by atoms with Crippen molar-refractivity contribution < 1.29 is 18.8 Å². The molecule has 0 bridgehead atoms. The highest BCUT2D eigenvalue weighted by Crippen LogP contribution is 2.22. The quantitative estimate of drug-likeness (QED) is 0.483. The van der Waals surface area contributed by atoms with Crippen LogP contribution in [0.3, 0.4) is 0 Å². The molecule has 3 aromatic rings. The summed E-state index contributed by atoms with van der Waals surface area (Å²) in [5.41, 5.74) is 1.78. The Morgan fingerprint density at radius 3 is 2.47 bits per heavy atom. The highest BCUT2D eigenvalue weighted by molar-refractivity contribution is 6.02. The third-order valence-electron chi connectivity index (χ3n) is 5.33. The average molecular weight is 407 g/mol. The van der Waals surface area contributed by atoms with Crippen LogP contribution >= 0.6 is 0 Å². The molecule has 2 aromatic carbocycles. The zero-order valence-corrected chi connectivity index (χ0v) is 16.4. The maximum atomic E-state index is 14.2. The fourth-order valence-corrected chi connectivity index (χ4v) is 3.77. The van der Waals surface area contributed by atoms with Gasteiger partial charge in [0.25, 0.3) is 5.91 Å². The Labute approximate surface area is 173 Å². The molecule has 1 aromatic heterocycles. The monoisotopic (exact) mass is 407 g/mol. The first-order valence-electron chi connectivity index (χ1n) is 9.97. The van der Waals surface area contributed by atoms with Crippen LogP contribution in [0.4, 0.5) is 4.39 Å². The van der Waals surface area contributed by atoms with Gasteiger partial charge in [-0.1, -0.05) is 36.4 Å². The molecule has 154 valence electrons. The van der Waals surface area contributed by atoms with E-state index in [1.807, 2.05) is 24.3 Å². The highest BCUT2D eigenvalue weighted by atomic mass is 19.1. The molecule has 4 rings (SSSR count). The Hall–Kier alpha value is -3.48. The summed E-state index contributed by atoms with van der Waals surface area (Å²) in [5.74, 6) is -0.907. The van der Waals surface area contributed by atoms with Crippen LogP contribution in [0.25, 0.3) is 10.9 Å². The first-order chi connectivity index (χ1) is 14.5. The number of amides is 3. The first-order valence-corrected chi connectivity index (χ1v) is 9.97. The number of benzene rings is 2. The number of nitrogens with one attached hydrogen (secondary N) is 1. The molecule has 1 N–H and O–H groups in total. The van der Waals surface area contributed by atoms with Crippen molar-refractivity contribution in [2.75, 3.05) is 13.1 Å². The predicted octanol–water partition coefficient (Wildman–Crippen LogP) is 3.10. The van der Waals surface area contributed by atoms with Gasteiger partial charge in [0.15, 0.2) is 0 Å². The van der Waals surface area contributed by atoms with Crippen LogP contribution in [0, 0.1) is 5.82 Å². The maximum Gasteiger partial charge on any atom is 0.267 e. The average Bonchev–Trinajstić information content (AvgIpc) is 3.27. The molecule has 0 aliphatic carbocycles. The lowest BCUT2D eigenvalue weighted by molar-refractivity contribution is -0.138. The lowest BCUT2D eigenvalue weighted by Gasteiger charge is -2.14. The topological polar surface area (TPSA) is 71.4 Å². The Morgan fingerprint density at radius 1 is 1.00 bits per heavy atom. The Kier molecular flexibility index (Phi) is 5.61. The highest BCUT2D eigenvalue weighted by Gasteiger charge is 2.28. The molecule has 6 nitrogen and oxygen atoms in total. The van der Waals surface area contributed by atoms with Crippen LogP contribution in [-0.4, -0.2) is 40.3 Å². The third-order valence-corrected chi connectivity index (χ3v) is 5.33. The number of imide groups is 1. The van der Waals surface area contributed by atoms with Crippen molar-refractivity contribution in [3.8, 4) is 0 Å². The summed E-state index contributed by atoms with van der Waals surface area (Å²) < 4.78 is 16.0. The van der Waals surface area contributed by atoms with Gasteiger partial charge in [-0.15, -0.1) is 0 Å². The van der Waals surface area contributed by atoms with E-state index >= 15 is 0 Å². The smallest absolute Gasteiger partial charge is 0.267 e. The van der Waals surface area contributed by atoms with E-state index in [-0.39, 0.29) is 42.9 Å². The van der Waals surface area contributed by atoms with Crippen molar-refractivity contribution in [2.45, 2.75) is 25.8 Å². The van der Waals surface area contributed by atoms with Gasteiger partial charge in [-0.25, -0.2) is 4.39 Å². The molecule has 30 heavy (non-hydrogen) atoms. The molecule has 0 radical (unpaired) electrons. The number of para-hydroxylation sites is 1. The van der Waals surface area contributed by atoms with E-state index in [4.69, 9.17) is 0 Å². The van der Waals surface area contributed by atoms with E-state index in [0.29, 0.717) is 30.8 Å². The minimum Gasteiger partial charge on any atom is -0.351 e. The summed E-state index contributed by atoms with van der Waals surface area (Å²) in [6, 6.07) is 15.9. The first kappa shape index (κ1) is 19.8. The standard InChI is InChI=1S/C23H22FN3O3/c24-18-8-3-1-7-17(18)15-27-19-9-4-2-6-16(19)14-20(27)23(30)25-12-5-13-26-21(28)10-11-22(26)29/h1-4,6-9,14H,5,10-13,15H2,(H,25,30). The van der Waals surface area contributed by atoms with Gasteiger partial charge < -0.3 is 9.88 Å². The number of carbonyl (C=O) groups is 3. The van der Waals surface area contributed by atoms with E-state index in [1.54, 1.807) is 28.8 Å².